The van der Waals surface area contributed by atoms with Crippen LogP contribution in [0.15, 0.2) is 34.9 Å². The summed E-state index contributed by atoms with van der Waals surface area (Å²) in [4.78, 5) is 14.4. The van der Waals surface area contributed by atoms with Crippen LogP contribution in [0, 0.1) is 11.3 Å². The molecule has 5 nitrogen and oxygen atoms in total. The van der Waals surface area contributed by atoms with Crippen molar-refractivity contribution in [2.24, 2.45) is 0 Å². The number of amides is 1. The Morgan fingerprint density at radius 3 is 2.38 bits per heavy atom. The van der Waals surface area contributed by atoms with Crippen molar-refractivity contribution in [2.45, 2.75) is 44.2 Å². The molecule has 0 bridgehead atoms. The van der Waals surface area contributed by atoms with Crippen LogP contribution >= 0.6 is 12.6 Å². The third kappa shape index (κ3) is 2.84. The predicted molar refractivity (Wildman–Crippen MR) is 95.7 cm³/mol. The average molecular weight is 343 g/mol. The van der Waals surface area contributed by atoms with Gasteiger partial charge in [-0.25, -0.2) is 0 Å². The molecule has 2 aliphatic rings. The van der Waals surface area contributed by atoms with E-state index in [-0.39, 0.29) is 11.5 Å². The molecule has 0 radical (unpaired) electrons. The Morgan fingerprint density at radius 2 is 1.83 bits per heavy atom. The molecule has 6 heteroatoms. The number of carbonyl (C=O) groups excluding carboxylic acids is 1. The zero-order chi connectivity index (χ0) is 17.2. The fourth-order valence-corrected chi connectivity index (χ4v) is 4.07. The summed E-state index contributed by atoms with van der Waals surface area (Å²) in [5, 5.41) is 12.9. The average Bonchev–Trinajstić information content (AvgIpc) is 2.81. The van der Waals surface area contributed by atoms with Crippen molar-refractivity contribution in [3.63, 3.8) is 0 Å². The highest BCUT2D eigenvalue weighted by Gasteiger charge is 2.45. The number of nitriles is 1. The van der Waals surface area contributed by atoms with Crippen LogP contribution in [0.25, 0.3) is 0 Å². The third-order valence-electron chi connectivity index (χ3n) is 4.81. The lowest BCUT2D eigenvalue weighted by Crippen LogP contribution is -2.63. The van der Waals surface area contributed by atoms with Crippen LogP contribution in [0.3, 0.4) is 0 Å². The first-order chi connectivity index (χ1) is 11.6. The summed E-state index contributed by atoms with van der Waals surface area (Å²) in [6, 6.07) is 9.62. The molecular formula is C18H21N3O2S. The van der Waals surface area contributed by atoms with E-state index >= 15 is 0 Å². The van der Waals surface area contributed by atoms with Crippen LogP contribution in [0.1, 0.15) is 38.5 Å². The van der Waals surface area contributed by atoms with Gasteiger partial charge < -0.3 is 15.0 Å². The highest BCUT2D eigenvalue weighted by molar-refractivity contribution is 7.84. The second kappa shape index (κ2) is 6.78. The molecule has 0 aromatic heterocycles. The van der Waals surface area contributed by atoms with E-state index in [0.29, 0.717) is 5.03 Å². The minimum atomic E-state index is -0.514. The van der Waals surface area contributed by atoms with Gasteiger partial charge in [0.05, 0.1) is 12.1 Å². The zero-order valence-electron chi connectivity index (χ0n) is 13.7. The molecule has 3 rings (SSSR count). The number of hydrogen-bond acceptors (Lipinski definition) is 5. The van der Waals surface area contributed by atoms with E-state index in [0.717, 1.165) is 50.0 Å². The van der Waals surface area contributed by atoms with Gasteiger partial charge in [-0.3, -0.25) is 4.79 Å². The molecule has 0 unspecified atom stereocenters. The molecule has 1 saturated carbocycles. The molecule has 1 aliphatic carbocycles. The molecule has 1 heterocycles. The monoisotopic (exact) mass is 343 g/mol. The van der Waals surface area contributed by atoms with Crippen molar-refractivity contribution in [2.75, 3.05) is 12.0 Å². The lowest BCUT2D eigenvalue weighted by Gasteiger charge is -2.48. The standard InChI is InChI=1S/C18H21N3O2S/c1-23-14-8-6-13(7-9-14)21-17(24)15(12-19)16(22)20-18(21)10-4-2-3-5-11-18/h6-9,24H,2-5,10-11H2,1H3,(H,20,22). The number of nitrogens with zero attached hydrogens (tertiary/aromatic N) is 2. The Kier molecular flexibility index (Phi) is 4.72. The summed E-state index contributed by atoms with van der Waals surface area (Å²) >= 11 is 4.56. The van der Waals surface area contributed by atoms with E-state index in [9.17, 15) is 10.1 Å². The van der Waals surface area contributed by atoms with E-state index in [1.807, 2.05) is 35.2 Å². The number of carbonyl (C=O) groups is 1. The van der Waals surface area contributed by atoms with E-state index in [1.165, 1.54) is 0 Å². The second-order valence-electron chi connectivity index (χ2n) is 6.24. The van der Waals surface area contributed by atoms with Gasteiger partial charge in [-0.1, -0.05) is 12.8 Å². The molecule has 1 spiro atoms. The lowest BCUT2D eigenvalue weighted by atomic mass is 9.94. The maximum absolute atomic E-state index is 12.4. The van der Waals surface area contributed by atoms with Crippen molar-refractivity contribution in [3.05, 3.63) is 34.9 Å². The minimum absolute atomic E-state index is 0.0593. The molecule has 1 fully saturated rings. The van der Waals surface area contributed by atoms with Gasteiger partial charge in [0.25, 0.3) is 5.91 Å². The summed E-state index contributed by atoms with van der Waals surface area (Å²) < 4.78 is 5.23. The van der Waals surface area contributed by atoms with Gasteiger partial charge in [-0.15, -0.1) is 12.6 Å². The molecule has 1 amide bonds. The Morgan fingerprint density at radius 1 is 1.21 bits per heavy atom. The van der Waals surface area contributed by atoms with Crippen LogP contribution in [-0.2, 0) is 4.79 Å². The van der Waals surface area contributed by atoms with Crippen LogP contribution in [0.5, 0.6) is 5.75 Å². The highest BCUT2D eigenvalue weighted by atomic mass is 32.1. The molecule has 0 atom stereocenters. The number of methoxy groups -OCH3 is 1. The Labute approximate surface area is 147 Å². The Hall–Kier alpha value is -2.13. The van der Waals surface area contributed by atoms with Gasteiger partial charge in [-0.05, 0) is 49.9 Å². The Bertz CT molecular complexity index is 698. The fraction of sp³-hybridized carbons (Fsp3) is 0.444. The first-order valence-electron chi connectivity index (χ1n) is 8.21. The summed E-state index contributed by atoms with van der Waals surface area (Å²) in [6.45, 7) is 0. The van der Waals surface area contributed by atoms with Crippen LogP contribution in [0.4, 0.5) is 5.69 Å². The Balaban J connectivity index is 2.11. The van der Waals surface area contributed by atoms with Crippen molar-refractivity contribution in [1.82, 2.24) is 5.32 Å². The lowest BCUT2D eigenvalue weighted by molar-refractivity contribution is -0.119. The number of nitrogens with one attached hydrogen (secondary N) is 1. The van der Waals surface area contributed by atoms with E-state index in [2.05, 4.69) is 17.9 Å². The van der Waals surface area contributed by atoms with Gasteiger partial charge in [-0.2, -0.15) is 5.26 Å². The molecule has 1 aliphatic heterocycles. The number of rotatable bonds is 2. The number of thiol groups is 1. The fourth-order valence-electron chi connectivity index (χ4n) is 3.61. The van der Waals surface area contributed by atoms with Gasteiger partial charge in [0.2, 0.25) is 0 Å². The van der Waals surface area contributed by atoms with Gasteiger partial charge >= 0.3 is 0 Å². The quantitative estimate of drug-likeness (QED) is 0.808. The molecule has 126 valence electrons. The third-order valence-corrected chi connectivity index (χ3v) is 5.23. The minimum Gasteiger partial charge on any atom is -0.497 e. The van der Waals surface area contributed by atoms with Gasteiger partial charge in [0.15, 0.2) is 0 Å². The summed E-state index contributed by atoms with van der Waals surface area (Å²) in [7, 11) is 1.63. The SMILES string of the molecule is COc1ccc(N2C(S)=C(C#N)C(=O)NC23CCCCCC3)cc1. The van der Waals surface area contributed by atoms with Crippen molar-refractivity contribution in [1.29, 1.82) is 5.26 Å². The predicted octanol–water partition coefficient (Wildman–Crippen LogP) is 3.35. The van der Waals surface area contributed by atoms with E-state index < -0.39 is 5.66 Å². The van der Waals surface area contributed by atoms with Crippen molar-refractivity contribution < 1.29 is 9.53 Å². The first kappa shape index (κ1) is 16.7. The van der Waals surface area contributed by atoms with Crippen LogP contribution in [-0.4, -0.2) is 18.7 Å². The molecule has 1 aromatic carbocycles. The second-order valence-corrected chi connectivity index (χ2v) is 6.67. The summed E-state index contributed by atoms with van der Waals surface area (Å²) in [6.07, 6.45) is 6.07. The van der Waals surface area contributed by atoms with Crippen LogP contribution in [0.2, 0.25) is 0 Å². The van der Waals surface area contributed by atoms with Crippen LogP contribution < -0.4 is 15.0 Å². The smallest absolute Gasteiger partial charge is 0.266 e. The van der Waals surface area contributed by atoms with E-state index in [1.54, 1.807) is 7.11 Å². The largest absolute Gasteiger partial charge is 0.497 e. The van der Waals surface area contributed by atoms with Gasteiger partial charge in [0, 0.05) is 5.69 Å². The molecule has 0 saturated heterocycles. The zero-order valence-corrected chi connectivity index (χ0v) is 14.6. The number of anilines is 1. The first-order valence-corrected chi connectivity index (χ1v) is 8.66. The molecule has 1 N–H and O–H groups in total. The maximum Gasteiger partial charge on any atom is 0.266 e. The summed E-state index contributed by atoms with van der Waals surface area (Å²) in [5.41, 5.74) is 0.444. The molecule has 24 heavy (non-hydrogen) atoms. The van der Waals surface area contributed by atoms with Crippen molar-refractivity contribution in [3.8, 4) is 11.8 Å². The van der Waals surface area contributed by atoms with E-state index in [4.69, 9.17) is 4.74 Å². The highest BCUT2D eigenvalue weighted by Crippen LogP contribution is 2.41. The molecular weight excluding hydrogens is 322 g/mol. The number of benzene rings is 1. The molecule has 1 aromatic rings. The summed E-state index contributed by atoms with van der Waals surface area (Å²) in [5.74, 6) is 0.439. The maximum atomic E-state index is 12.4. The van der Waals surface area contributed by atoms with Gasteiger partial charge in [0.1, 0.15) is 23.1 Å². The topological polar surface area (TPSA) is 65.4 Å². The normalized spacial score (nSPS) is 20.4. The van der Waals surface area contributed by atoms with Crippen molar-refractivity contribution >= 4 is 24.2 Å². The number of hydrogen-bond donors (Lipinski definition) is 2. The number of ether oxygens (including phenoxy) is 1.